The topological polar surface area (TPSA) is 35.6 Å². The molecule has 2 aliphatic heterocycles. The second-order valence-electron chi connectivity index (χ2n) is 11.0. The number of nitrogens with zero attached hydrogens (tertiary/aromatic N) is 2. The van der Waals surface area contributed by atoms with Crippen molar-refractivity contribution in [3.63, 3.8) is 0 Å². The summed E-state index contributed by atoms with van der Waals surface area (Å²) in [7, 11) is 0. The van der Waals surface area contributed by atoms with Gasteiger partial charge in [-0.05, 0) is 70.7 Å². The number of anilines is 1. The summed E-state index contributed by atoms with van der Waals surface area (Å²) in [5.74, 6) is -0.0619. The number of carbonyl (C=O) groups is 1. The fraction of sp³-hybridized carbons (Fsp3) is 0.424. The molecule has 3 aliphatic rings. The Morgan fingerprint density at radius 1 is 0.919 bits per heavy atom. The minimum absolute atomic E-state index is 0.150. The summed E-state index contributed by atoms with van der Waals surface area (Å²) in [5, 5.41) is 3.22. The van der Waals surface area contributed by atoms with Crippen molar-refractivity contribution >= 4 is 11.6 Å². The van der Waals surface area contributed by atoms with Gasteiger partial charge >= 0.3 is 0 Å². The molecule has 2 atom stereocenters. The zero-order chi connectivity index (χ0) is 25.4. The molecule has 1 amide bonds. The van der Waals surface area contributed by atoms with E-state index in [0.29, 0.717) is 6.04 Å². The molecule has 1 N–H and O–H groups in total. The molecule has 0 saturated carbocycles. The highest BCUT2D eigenvalue weighted by Gasteiger charge is 2.38. The summed E-state index contributed by atoms with van der Waals surface area (Å²) in [4.78, 5) is 18.9. The van der Waals surface area contributed by atoms with Gasteiger partial charge in [-0.3, -0.25) is 9.69 Å². The molecule has 0 bridgehead atoms. The van der Waals surface area contributed by atoms with E-state index in [1.54, 1.807) is 0 Å². The maximum atomic E-state index is 13.6. The highest BCUT2D eigenvalue weighted by atomic mass is 16.1. The molecule has 4 nitrogen and oxygen atoms in total. The number of unbranched alkanes of at least 4 members (excludes halogenated alkanes) is 1. The Bertz CT molecular complexity index is 1270. The number of hydrogen-bond donors (Lipinski definition) is 1. The molecule has 2 unspecified atom stereocenters. The summed E-state index contributed by atoms with van der Waals surface area (Å²) < 4.78 is 0. The molecular weight excluding hydrogens is 454 g/mol. The summed E-state index contributed by atoms with van der Waals surface area (Å²) >= 11 is 0. The number of fused-ring (bicyclic) bond motifs is 4. The summed E-state index contributed by atoms with van der Waals surface area (Å²) in [5.41, 5.74) is 10.6. The molecule has 6 rings (SSSR count). The van der Waals surface area contributed by atoms with Gasteiger partial charge in [-0.15, -0.1) is 0 Å². The third kappa shape index (κ3) is 4.35. The van der Waals surface area contributed by atoms with Crippen LogP contribution in [0.5, 0.6) is 0 Å². The Morgan fingerprint density at radius 2 is 1.68 bits per heavy atom. The molecule has 1 fully saturated rings. The smallest absolute Gasteiger partial charge is 0.232 e. The molecule has 3 aromatic rings. The molecule has 0 aromatic heterocycles. The van der Waals surface area contributed by atoms with Crippen LogP contribution in [0.1, 0.15) is 73.3 Å². The van der Waals surface area contributed by atoms with E-state index in [2.05, 4.69) is 89.6 Å². The van der Waals surface area contributed by atoms with Gasteiger partial charge in [0.05, 0.1) is 5.92 Å². The Morgan fingerprint density at radius 3 is 2.43 bits per heavy atom. The largest absolute Gasteiger partial charge is 0.370 e. The number of benzene rings is 3. The Balaban J connectivity index is 1.34. The van der Waals surface area contributed by atoms with Gasteiger partial charge in [-0.25, -0.2) is 0 Å². The van der Waals surface area contributed by atoms with Gasteiger partial charge in [-0.1, -0.05) is 74.9 Å². The molecule has 37 heavy (non-hydrogen) atoms. The minimum atomic E-state index is -0.212. The van der Waals surface area contributed by atoms with Gasteiger partial charge in [0.2, 0.25) is 5.91 Å². The standard InChI is InChI=1S/C33H39N3O/c1-3-5-12-29-30(35-19-17-25(22-35)36-20-23-10-6-7-11-24(23)21-36)16-15-28-26-13-8-9-14-27(26)32(31(28)29)33(37)34-18-4-2/h6-11,13-16,25,32H,3-5,12,17-22H2,1-2H3,(H,34,37). The molecular formula is C33H39N3O. The average molecular weight is 494 g/mol. The molecule has 4 heteroatoms. The summed E-state index contributed by atoms with van der Waals surface area (Å²) in [6.07, 6.45) is 5.46. The van der Waals surface area contributed by atoms with Gasteiger partial charge < -0.3 is 10.2 Å². The van der Waals surface area contributed by atoms with Gasteiger partial charge in [0.25, 0.3) is 0 Å². The Labute approximate surface area is 221 Å². The fourth-order valence-corrected chi connectivity index (χ4v) is 6.78. The lowest BCUT2D eigenvalue weighted by Gasteiger charge is -2.28. The van der Waals surface area contributed by atoms with E-state index in [1.807, 2.05) is 0 Å². The monoisotopic (exact) mass is 493 g/mol. The van der Waals surface area contributed by atoms with Gasteiger partial charge in [-0.2, -0.15) is 0 Å². The zero-order valence-electron chi connectivity index (χ0n) is 22.3. The van der Waals surface area contributed by atoms with Crippen molar-refractivity contribution in [3.8, 4) is 11.1 Å². The predicted molar refractivity (Wildman–Crippen MR) is 152 cm³/mol. The summed E-state index contributed by atoms with van der Waals surface area (Å²) in [6, 6.07) is 22.7. The fourth-order valence-electron chi connectivity index (χ4n) is 6.78. The van der Waals surface area contributed by atoms with E-state index in [1.165, 1.54) is 45.5 Å². The SMILES string of the molecule is CCCCc1c(N2CCC(N3Cc4ccccc4C3)C2)ccc2c1C(C(=O)NCCC)c1ccccc1-2. The van der Waals surface area contributed by atoms with Crippen LogP contribution in [-0.2, 0) is 24.3 Å². The third-order valence-corrected chi connectivity index (χ3v) is 8.66. The highest BCUT2D eigenvalue weighted by Crippen LogP contribution is 2.49. The van der Waals surface area contributed by atoms with Crippen LogP contribution in [0.2, 0.25) is 0 Å². The molecule has 3 aromatic carbocycles. The Kier molecular flexibility index (Phi) is 6.77. The van der Waals surface area contributed by atoms with Gasteiger partial charge in [0.1, 0.15) is 0 Å². The lowest BCUT2D eigenvalue weighted by molar-refractivity contribution is -0.121. The summed E-state index contributed by atoms with van der Waals surface area (Å²) in [6.45, 7) is 9.38. The average Bonchev–Trinajstić information content (AvgIpc) is 3.66. The number of hydrogen-bond acceptors (Lipinski definition) is 3. The van der Waals surface area contributed by atoms with Gasteiger partial charge in [0, 0.05) is 44.5 Å². The van der Waals surface area contributed by atoms with Crippen molar-refractivity contribution < 1.29 is 4.79 Å². The van der Waals surface area contributed by atoms with Crippen molar-refractivity contribution in [2.45, 2.75) is 71.0 Å². The predicted octanol–water partition coefficient (Wildman–Crippen LogP) is 6.26. The first-order valence-electron chi connectivity index (χ1n) is 14.3. The van der Waals surface area contributed by atoms with Crippen LogP contribution in [0.4, 0.5) is 5.69 Å². The van der Waals surface area contributed by atoms with Crippen LogP contribution in [0, 0.1) is 0 Å². The first-order chi connectivity index (χ1) is 18.2. The maximum absolute atomic E-state index is 13.6. The third-order valence-electron chi connectivity index (χ3n) is 8.66. The molecule has 1 saturated heterocycles. The lowest BCUT2D eigenvalue weighted by atomic mass is 9.88. The maximum Gasteiger partial charge on any atom is 0.232 e. The molecule has 192 valence electrons. The molecule has 1 aliphatic carbocycles. The highest BCUT2D eigenvalue weighted by molar-refractivity contribution is 5.98. The number of amides is 1. The van der Waals surface area contributed by atoms with Crippen LogP contribution in [-0.4, -0.2) is 36.5 Å². The van der Waals surface area contributed by atoms with Gasteiger partial charge in [0.15, 0.2) is 0 Å². The normalized spacial score (nSPS) is 20.1. The molecule has 0 spiro atoms. The first-order valence-corrected chi connectivity index (χ1v) is 14.3. The quantitative estimate of drug-likeness (QED) is 0.402. The first kappa shape index (κ1) is 24.2. The number of carbonyl (C=O) groups excluding carboxylic acids is 1. The van der Waals surface area contributed by atoms with Crippen molar-refractivity contribution in [2.75, 3.05) is 24.5 Å². The van der Waals surface area contributed by atoms with Crippen LogP contribution >= 0.6 is 0 Å². The van der Waals surface area contributed by atoms with Crippen LogP contribution in [0.25, 0.3) is 11.1 Å². The number of nitrogens with one attached hydrogen (secondary N) is 1. The van der Waals surface area contributed by atoms with Crippen LogP contribution < -0.4 is 10.2 Å². The van der Waals surface area contributed by atoms with Crippen molar-refractivity contribution in [1.82, 2.24) is 10.2 Å². The Hall–Kier alpha value is -3.11. The lowest BCUT2D eigenvalue weighted by Crippen LogP contribution is -2.34. The van der Waals surface area contributed by atoms with E-state index in [0.717, 1.165) is 64.0 Å². The zero-order valence-corrected chi connectivity index (χ0v) is 22.3. The second kappa shape index (κ2) is 10.3. The minimum Gasteiger partial charge on any atom is -0.370 e. The van der Waals surface area contributed by atoms with Crippen molar-refractivity contribution in [2.24, 2.45) is 0 Å². The molecule has 0 radical (unpaired) electrons. The van der Waals surface area contributed by atoms with E-state index < -0.39 is 0 Å². The van der Waals surface area contributed by atoms with E-state index in [9.17, 15) is 4.79 Å². The molecule has 2 heterocycles. The van der Waals surface area contributed by atoms with Crippen molar-refractivity contribution in [3.05, 3.63) is 88.5 Å². The van der Waals surface area contributed by atoms with E-state index in [4.69, 9.17) is 0 Å². The van der Waals surface area contributed by atoms with E-state index in [-0.39, 0.29) is 11.8 Å². The second-order valence-corrected chi connectivity index (χ2v) is 11.0. The van der Waals surface area contributed by atoms with Crippen molar-refractivity contribution in [1.29, 1.82) is 0 Å². The van der Waals surface area contributed by atoms with Crippen LogP contribution in [0.3, 0.4) is 0 Å². The van der Waals surface area contributed by atoms with Crippen LogP contribution in [0.15, 0.2) is 60.7 Å². The van der Waals surface area contributed by atoms with E-state index >= 15 is 0 Å². The number of rotatable bonds is 8.